The number of hydrogen-bond acceptors (Lipinski definition) is 5. The first-order valence-corrected chi connectivity index (χ1v) is 7.71. The maximum Gasteiger partial charge on any atom is 0.326 e. The molecule has 3 rings (SSSR count). The van der Waals surface area contributed by atoms with Gasteiger partial charge in [-0.3, -0.25) is 9.36 Å². The van der Waals surface area contributed by atoms with Crippen LogP contribution in [0.2, 0.25) is 0 Å². The Morgan fingerprint density at radius 2 is 2.25 bits per heavy atom. The van der Waals surface area contributed by atoms with Gasteiger partial charge in [-0.2, -0.15) is 0 Å². The Bertz CT molecular complexity index is 844. The summed E-state index contributed by atoms with van der Waals surface area (Å²) in [6, 6.07) is 4.98. The van der Waals surface area contributed by atoms with Crippen molar-refractivity contribution in [3.05, 3.63) is 51.6 Å². The predicted octanol–water partition coefficient (Wildman–Crippen LogP) is 1.74. The molecule has 1 aliphatic heterocycles. The molecule has 1 atom stereocenters. The zero-order valence-electron chi connectivity index (χ0n) is 13.6. The Labute approximate surface area is 138 Å². The second-order valence-electron chi connectivity index (χ2n) is 5.88. The third-order valence-corrected chi connectivity index (χ3v) is 4.15. The van der Waals surface area contributed by atoms with Crippen LogP contribution in [0.1, 0.15) is 29.3 Å². The van der Waals surface area contributed by atoms with Crippen molar-refractivity contribution in [2.24, 2.45) is 0 Å². The normalized spacial score (nSPS) is 15.8. The van der Waals surface area contributed by atoms with Gasteiger partial charge in [0.2, 0.25) is 0 Å². The van der Waals surface area contributed by atoms with Crippen molar-refractivity contribution in [2.45, 2.75) is 32.4 Å². The van der Waals surface area contributed by atoms with Crippen LogP contribution in [-0.4, -0.2) is 27.7 Å². The number of ether oxygens (including phenoxy) is 1. The summed E-state index contributed by atoms with van der Waals surface area (Å²) in [5.74, 6) is -0.0832. The number of nitrogens with one attached hydrogen (secondary N) is 1. The first-order chi connectivity index (χ1) is 11.5. The van der Waals surface area contributed by atoms with Crippen molar-refractivity contribution in [1.29, 1.82) is 0 Å². The number of benzene rings is 1. The largest absolute Gasteiger partial charge is 0.497 e. The van der Waals surface area contributed by atoms with Gasteiger partial charge < -0.3 is 15.2 Å². The quantitative estimate of drug-likeness (QED) is 0.868. The summed E-state index contributed by atoms with van der Waals surface area (Å²) in [4.78, 5) is 28.0. The molecule has 7 nitrogen and oxygen atoms in total. The van der Waals surface area contributed by atoms with Crippen LogP contribution in [0.5, 0.6) is 5.75 Å². The number of hydrogen-bond donors (Lipinski definition) is 2. The van der Waals surface area contributed by atoms with E-state index in [1.54, 1.807) is 13.3 Å². The molecular weight excluding hydrogens is 310 g/mol. The van der Waals surface area contributed by atoms with Crippen LogP contribution in [0.3, 0.4) is 0 Å². The minimum atomic E-state index is -0.989. The average molecular weight is 329 g/mol. The number of rotatable bonds is 5. The summed E-state index contributed by atoms with van der Waals surface area (Å²) >= 11 is 0. The van der Waals surface area contributed by atoms with E-state index in [0.29, 0.717) is 25.1 Å². The van der Waals surface area contributed by atoms with E-state index in [9.17, 15) is 14.7 Å². The molecule has 7 heteroatoms. The van der Waals surface area contributed by atoms with Crippen LogP contribution in [0.15, 0.2) is 29.2 Å². The van der Waals surface area contributed by atoms with Gasteiger partial charge in [-0.15, -0.1) is 0 Å². The molecule has 2 N–H and O–H groups in total. The molecule has 1 aromatic carbocycles. The van der Waals surface area contributed by atoms with E-state index in [1.807, 2.05) is 25.1 Å². The molecular formula is C17H19N3O4. The van der Waals surface area contributed by atoms with E-state index in [1.165, 1.54) is 4.57 Å². The fourth-order valence-corrected chi connectivity index (χ4v) is 3.03. The van der Waals surface area contributed by atoms with Crippen molar-refractivity contribution in [3.63, 3.8) is 0 Å². The molecule has 0 saturated heterocycles. The van der Waals surface area contributed by atoms with Crippen molar-refractivity contribution in [1.82, 2.24) is 9.55 Å². The predicted molar refractivity (Wildman–Crippen MR) is 88.5 cm³/mol. The van der Waals surface area contributed by atoms with Crippen molar-refractivity contribution < 1.29 is 14.6 Å². The lowest BCUT2D eigenvalue weighted by molar-refractivity contribution is -0.140. The number of carboxylic acid groups (broad SMARTS) is 1. The maximum absolute atomic E-state index is 12.5. The monoisotopic (exact) mass is 329 g/mol. The molecule has 1 aromatic heterocycles. The Balaban J connectivity index is 1.85. The van der Waals surface area contributed by atoms with E-state index < -0.39 is 17.6 Å². The molecule has 0 spiro atoms. The SMILES string of the molecule is COc1cc(C)cc(CNc2ncc3n(c2=O)[C@H](C(=O)O)CC3)c1. The summed E-state index contributed by atoms with van der Waals surface area (Å²) < 4.78 is 6.57. The van der Waals surface area contributed by atoms with E-state index in [2.05, 4.69) is 10.3 Å². The van der Waals surface area contributed by atoms with Gasteiger partial charge in [0.25, 0.3) is 5.56 Å². The summed E-state index contributed by atoms with van der Waals surface area (Å²) in [7, 11) is 1.60. The van der Waals surface area contributed by atoms with Crippen LogP contribution in [0.4, 0.5) is 5.82 Å². The van der Waals surface area contributed by atoms with Gasteiger partial charge in [0.1, 0.15) is 11.8 Å². The molecule has 1 aliphatic rings. The van der Waals surface area contributed by atoms with Crippen LogP contribution >= 0.6 is 0 Å². The number of fused-ring (bicyclic) bond motifs is 1. The second-order valence-corrected chi connectivity index (χ2v) is 5.88. The average Bonchev–Trinajstić information content (AvgIpc) is 2.99. The lowest BCUT2D eigenvalue weighted by atomic mass is 10.1. The highest BCUT2D eigenvalue weighted by Gasteiger charge is 2.30. The Kier molecular flexibility index (Phi) is 4.24. The van der Waals surface area contributed by atoms with Crippen LogP contribution < -0.4 is 15.6 Å². The molecule has 0 bridgehead atoms. The van der Waals surface area contributed by atoms with E-state index in [0.717, 1.165) is 16.9 Å². The van der Waals surface area contributed by atoms with E-state index in [-0.39, 0.29) is 5.82 Å². The standard InChI is InChI=1S/C17H19N3O4/c1-10-5-11(7-13(6-10)24-2)8-18-15-16(21)20-12(9-19-15)3-4-14(20)17(22)23/h5-7,9,14H,3-4,8H2,1-2H3,(H,18,19)(H,22,23)/t14-/m0/s1. The molecule has 0 aliphatic carbocycles. The molecule has 2 heterocycles. The third kappa shape index (κ3) is 2.97. The van der Waals surface area contributed by atoms with Crippen LogP contribution in [0, 0.1) is 6.92 Å². The number of nitrogens with zero attached hydrogens (tertiary/aromatic N) is 2. The van der Waals surface area contributed by atoms with Crippen molar-refractivity contribution in [3.8, 4) is 5.75 Å². The van der Waals surface area contributed by atoms with Gasteiger partial charge in [0.05, 0.1) is 7.11 Å². The summed E-state index contributed by atoms with van der Waals surface area (Å²) in [6.45, 7) is 2.36. The van der Waals surface area contributed by atoms with Crippen molar-refractivity contribution in [2.75, 3.05) is 12.4 Å². The number of anilines is 1. The Hall–Kier alpha value is -2.83. The molecule has 0 unspecified atom stereocenters. The topological polar surface area (TPSA) is 93.5 Å². The van der Waals surface area contributed by atoms with Gasteiger partial charge in [0.15, 0.2) is 5.82 Å². The molecule has 2 aromatic rings. The smallest absolute Gasteiger partial charge is 0.326 e. The number of carbonyl (C=O) groups is 1. The maximum atomic E-state index is 12.5. The summed E-state index contributed by atoms with van der Waals surface area (Å²) in [5.41, 5.74) is 2.27. The fourth-order valence-electron chi connectivity index (χ4n) is 3.03. The Morgan fingerprint density at radius 3 is 2.96 bits per heavy atom. The lowest BCUT2D eigenvalue weighted by Gasteiger charge is -2.12. The van der Waals surface area contributed by atoms with Crippen LogP contribution in [-0.2, 0) is 17.8 Å². The highest BCUT2D eigenvalue weighted by molar-refractivity contribution is 5.72. The Morgan fingerprint density at radius 1 is 1.46 bits per heavy atom. The highest BCUT2D eigenvalue weighted by Crippen LogP contribution is 2.24. The minimum absolute atomic E-state index is 0.160. The lowest BCUT2D eigenvalue weighted by Crippen LogP contribution is -2.30. The molecule has 0 amide bonds. The number of carboxylic acids is 1. The second kappa shape index (κ2) is 6.35. The zero-order valence-corrected chi connectivity index (χ0v) is 13.6. The van der Waals surface area contributed by atoms with Crippen LogP contribution in [0.25, 0.3) is 0 Å². The van der Waals surface area contributed by atoms with Gasteiger partial charge >= 0.3 is 5.97 Å². The third-order valence-electron chi connectivity index (χ3n) is 4.15. The zero-order chi connectivity index (χ0) is 17.3. The van der Waals surface area contributed by atoms with Gasteiger partial charge in [-0.1, -0.05) is 6.07 Å². The van der Waals surface area contributed by atoms with Crippen molar-refractivity contribution >= 4 is 11.8 Å². The van der Waals surface area contributed by atoms with Gasteiger partial charge in [0, 0.05) is 18.4 Å². The highest BCUT2D eigenvalue weighted by atomic mass is 16.5. The molecule has 24 heavy (non-hydrogen) atoms. The summed E-state index contributed by atoms with van der Waals surface area (Å²) in [6.07, 6.45) is 2.54. The molecule has 126 valence electrons. The molecule has 0 radical (unpaired) electrons. The molecule has 0 saturated carbocycles. The number of aryl methyl sites for hydroxylation is 2. The summed E-state index contributed by atoms with van der Waals surface area (Å²) in [5, 5.41) is 12.3. The minimum Gasteiger partial charge on any atom is -0.497 e. The van der Waals surface area contributed by atoms with Gasteiger partial charge in [-0.25, -0.2) is 9.78 Å². The first-order valence-electron chi connectivity index (χ1n) is 7.71. The molecule has 0 fully saturated rings. The fraction of sp³-hybridized carbons (Fsp3) is 0.353. The van der Waals surface area contributed by atoms with E-state index >= 15 is 0 Å². The van der Waals surface area contributed by atoms with Gasteiger partial charge in [-0.05, 0) is 43.0 Å². The number of aliphatic carboxylic acids is 1. The number of methoxy groups -OCH3 is 1. The van der Waals surface area contributed by atoms with E-state index in [4.69, 9.17) is 4.74 Å². The number of aromatic nitrogens is 2. The first kappa shape index (κ1) is 16.0.